The number of hydrogen-bond donors (Lipinski definition) is 0. The molecule has 30 heavy (non-hydrogen) atoms. The second-order valence-corrected chi connectivity index (χ2v) is 7.05. The first kappa shape index (κ1) is 20.8. The highest BCUT2D eigenvalue weighted by molar-refractivity contribution is 7.17. The van der Waals surface area contributed by atoms with Gasteiger partial charge in [-0.25, -0.2) is 4.98 Å². The lowest BCUT2D eigenvalue weighted by Gasteiger charge is -2.08. The summed E-state index contributed by atoms with van der Waals surface area (Å²) in [7, 11) is 0. The molecule has 1 atom stereocenters. The Morgan fingerprint density at radius 2 is 1.97 bits per heavy atom. The Labute approximate surface area is 175 Å². The van der Waals surface area contributed by atoms with Crippen LogP contribution >= 0.6 is 11.3 Å². The molecular formula is C21H15N3O5S. The fraction of sp³-hybridized carbons (Fsp3) is 0.143. The van der Waals surface area contributed by atoms with E-state index in [0.29, 0.717) is 10.6 Å². The summed E-state index contributed by atoms with van der Waals surface area (Å²) < 4.78 is 4.96. The molecular weight excluding hydrogens is 406 g/mol. The molecule has 0 N–H and O–H groups in total. The zero-order chi connectivity index (χ0) is 21.7. The maximum absolute atomic E-state index is 13.2. The van der Waals surface area contributed by atoms with Gasteiger partial charge >= 0.3 is 5.97 Å². The number of rotatable bonds is 7. The lowest BCUT2D eigenvalue weighted by molar-refractivity contribution is -0.384. The van der Waals surface area contributed by atoms with Crippen molar-refractivity contribution >= 4 is 28.8 Å². The van der Waals surface area contributed by atoms with Crippen molar-refractivity contribution in [2.75, 3.05) is 6.61 Å². The molecule has 3 aromatic rings. The molecule has 3 rings (SSSR count). The normalized spacial score (nSPS) is 11.3. The fourth-order valence-electron chi connectivity index (χ4n) is 2.74. The van der Waals surface area contributed by atoms with Gasteiger partial charge in [0.15, 0.2) is 5.92 Å². The predicted molar refractivity (Wildman–Crippen MR) is 109 cm³/mol. The molecule has 0 saturated heterocycles. The Morgan fingerprint density at radius 3 is 2.60 bits per heavy atom. The van der Waals surface area contributed by atoms with Gasteiger partial charge in [0.2, 0.25) is 5.78 Å². The molecule has 0 aliphatic carbocycles. The van der Waals surface area contributed by atoms with E-state index in [1.54, 1.807) is 31.2 Å². The van der Waals surface area contributed by atoms with Crippen molar-refractivity contribution in [2.24, 2.45) is 0 Å². The number of carbonyl (C=O) groups is 2. The van der Waals surface area contributed by atoms with Crippen LogP contribution in [-0.2, 0) is 9.53 Å². The molecule has 0 spiro atoms. The van der Waals surface area contributed by atoms with Crippen LogP contribution in [0.1, 0.15) is 33.8 Å². The number of esters is 1. The first-order valence-electron chi connectivity index (χ1n) is 8.87. The summed E-state index contributed by atoms with van der Waals surface area (Å²) in [4.78, 5) is 40.4. The van der Waals surface area contributed by atoms with E-state index in [-0.39, 0.29) is 28.4 Å². The average molecular weight is 421 g/mol. The number of aromatic nitrogens is 1. The zero-order valence-corrected chi connectivity index (χ0v) is 16.6. The van der Waals surface area contributed by atoms with Crippen molar-refractivity contribution in [2.45, 2.75) is 12.8 Å². The maximum atomic E-state index is 13.2. The minimum absolute atomic E-state index is 0.0173. The van der Waals surface area contributed by atoms with Crippen molar-refractivity contribution in [3.63, 3.8) is 0 Å². The van der Waals surface area contributed by atoms with Crippen LogP contribution in [0, 0.1) is 21.4 Å². The molecule has 9 heteroatoms. The summed E-state index contributed by atoms with van der Waals surface area (Å²) in [5.41, 5.74) is 0.519. The van der Waals surface area contributed by atoms with E-state index in [2.05, 4.69) is 4.98 Å². The third-order valence-electron chi connectivity index (χ3n) is 4.12. The van der Waals surface area contributed by atoms with Gasteiger partial charge in [-0.2, -0.15) is 5.26 Å². The number of nitro groups is 1. The van der Waals surface area contributed by atoms with Gasteiger partial charge in [0.05, 0.1) is 23.3 Å². The molecule has 0 radical (unpaired) electrons. The number of ketones is 1. The highest BCUT2D eigenvalue weighted by Crippen LogP contribution is 2.34. The van der Waals surface area contributed by atoms with Crippen molar-refractivity contribution in [3.8, 4) is 16.6 Å². The Kier molecular flexibility index (Phi) is 6.29. The van der Waals surface area contributed by atoms with Gasteiger partial charge in [0.25, 0.3) is 5.69 Å². The van der Waals surface area contributed by atoms with E-state index in [0.717, 1.165) is 17.4 Å². The molecule has 0 aliphatic rings. The minimum Gasteiger partial charge on any atom is -0.465 e. The monoisotopic (exact) mass is 421 g/mol. The molecule has 0 saturated carbocycles. The second kappa shape index (κ2) is 9.07. The lowest BCUT2D eigenvalue weighted by atomic mass is 10.0. The van der Waals surface area contributed by atoms with Gasteiger partial charge < -0.3 is 4.74 Å². The summed E-state index contributed by atoms with van der Waals surface area (Å²) >= 11 is 1.02. The first-order valence-corrected chi connectivity index (χ1v) is 9.69. The smallest absolute Gasteiger partial charge is 0.329 e. The van der Waals surface area contributed by atoms with Crippen LogP contribution in [0.5, 0.6) is 0 Å². The number of thiazole rings is 1. The minimum atomic E-state index is -1.39. The summed E-state index contributed by atoms with van der Waals surface area (Å²) in [5, 5.41) is 21.1. The third kappa shape index (κ3) is 4.24. The van der Waals surface area contributed by atoms with Gasteiger partial charge in [-0.15, -0.1) is 11.3 Å². The molecule has 1 unspecified atom stereocenters. The van der Waals surface area contributed by atoms with Gasteiger partial charge in [-0.1, -0.05) is 42.5 Å². The first-order chi connectivity index (χ1) is 14.5. The summed E-state index contributed by atoms with van der Waals surface area (Å²) in [6, 6.07) is 16.1. The van der Waals surface area contributed by atoms with Gasteiger partial charge in [-0.3, -0.25) is 19.7 Å². The largest absolute Gasteiger partial charge is 0.465 e. The number of non-ortho nitro benzene ring substituents is 1. The van der Waals surface area contributed by atoms with Crippen LogP contribution in [-0.4, -0.2) is 28.3 Å². The number of benzene rings is 2. The molecule has 8 nitrogen and oxygen atoms in total. The number of carbonyl (C=O) groups excluding carboxylic acids is 2. The predicted octanol–water partition coefficient (Wildman–Crippen LogP) is 4.12. The Balaban J connectivity index is 2.14. The van der Waals surface area contributed by atoms with E-state index in [1.807, 2.05) is 12.1 Å². The Hall–Kier alpha value is -3.90. The lowest BCUT2D eigenvalue weighted by Crippen LogP contribution is -2.17. The van der Waals surface area contributed by atoms with Crippen LogP contribution in [0.2, 0.25) is 0 Å². The summed E-state index contributed by atoms with van der Waals surface area (Å²) in [6.07, 6.45) is 0. The van der Waals surface area contributed by atoms with Crippen molar-refractivity contribution in [3.05, 3.63) is 80.8 Å². The molecule has 1 heterocycles. The summed E-state index contributed by atoms with van der Waals surface area (Å²) in [5.74, 6) is -2.76. The zero-order valence-electron chi connectivity index (χ0n) is 15.8. The van der Waals surface area contributed by atoms with Crippen LogP contribution in [0.3, 0.4) is 0 Å². The quantitative estimate of drug-likeness (QED) is 0.243. The number of ether oxygens (including phenoxy) is 1. The van der Waals surface area contributed by atoms with Gasteiger partial charge in [0, 0.05) is 23.3 Å². The highest BCUT2D eigenvalue weighted by Gasteiger charge is 2.32. The SMILES string of the molecule is CCOC(=O)C(C#N)c1nc(-c2ccccc2)sc1C(=O)c1cccc([N+](=O)[O-])c1. The Bertz CT molecular complexity index is 1150. The van der Waals surface area contributed by atoms with Crippen LogP contribution in [0.25, 0.3) is 10.6 Å². The number of hydrogen-bond acceptors (Lipinski definition) is 8. The van der Waals surface area contributed by atoms with E-state index in [9.17, 15) is 25.0 Å². The molecule has 0 amide bonds. The van der Waals surface area contributed by atoms with Crippen molar-refractivity contribution < 1.29 is 19.2 Å². The van der Waals surface area contributed by atoms with E-state index < -0.39 is 22.6 Å². The second-order valence-electron chi connectivity index (χ2n) is 6.05. The number of nitriles is 1. The van der Waals surface area contributed by atoms with Crippen molar-refractivity contribution in [1.29, 1.82) is 5.26 Å². The van der Waals surface area contributed by atoms with Gasteiger partial charge in [-0.05, 0) is 6.92 Å². The highest BCUT2D eigenvalue weighted by atomic mass is 32.1. The molecule has 1 aromatic heterocycles. The molecule has 0 fully saturated rings. The number of nitro benzene ring substituents is 1. The average Bonchev–Trinajstić information content (AvgIpc) is 3.19. The topological polar surface area (TPSA) is 123 Å². The van der Waals surface area contributed by atoms with E-state index >= 15 is 0 Å². The molecule has 0 aliphatic heterocycles. The van der Waals surface area contributed by atoms with Crippen LogP contribution in [0.15, 0.2) is 54.6 Å². The molecule has 0 bridgehead atoms. The van der Waals surface area contributed by atoms with E-state index in [4.69, 9.17) is 4.74 Å². The third-order valence-corrected chi connectivity index (χ3v) is 5.24. The van der Waals surface area contributed by atoms with Crippen LogP contribution in [0.4, 0.5) is 5.69 Å². The maximum Gasteiger partial charge on any atom is 0.329 e. The fourth-order valence-corrected chi connectivity index (χ4v) is 3.81. The summed E-state index contributed by atoms with van der Waals surface area (Å²) in [6.45, 7) is 1.68. The Morgan fingerprint density at radius 1 is 1.23 bits per heavy atom. The standard InChI is InChI=1S/C21H15N3O5S/c1-2-29-21(26)16(12-22)17-19(30-20(23-17)13-7-4-3-5-8-13)18(25)14-9-6-10-15(11-14)24(27)28/h3-11,16H,2H2,1H3. The molecule has 2 aromatic carbocycles. The van der Waals surface area contributed by atoms with E-state index in [1.165, 1.54) is 18.2 Å². The van der Waals surface area contributed by atoms with Gasteiger partial charge in [0.1, 0.15) is 9.88 Å². The molecule has 150 valence electrons. The van der Waals surface area contributed by atoms with Crippen molar-refractivity contribution in [1.82, 2.24) is 4.98 Å². The number of nitrogens with zero attached hydrogens (tertiary/aromatic N) is 3. The van der Waals surface area contributed by atoms with Crippen LogP contribution < -0.4 is 0 Å².